The quantitative estimate of drug-likeness (QED) is 0.485. The summed E-state index contributed by atoms with van der Waals surface area (Å²) < 4.78 is 32.8. The van der Waals surface area contributed by atoms with Gasteiger partial charge in [0.1, 0.15) is 13.2 Å². The molecule has 2 heterocycles. The number of ether oxygens (including phenoxy) is 1. The summed E-state index contributed by atoms with van der Waals surface area (Å²) in [7, 11) is -3.79. The minimum Gasteiger partial charge on any atom is -0.473 e. The second-order valence-corrected chi connectivity index (χ2v) is 9.18. The van der Waals surface area contributed by atoms with Gasteiger partial charge in [0.15, 0.2) is 0 Å². The molecule has 0 fully saturated rings. The zero-order valence-corrected chi connectivity index (χ0v) is 17.7. The highest BCUT2D eigenvalue weighted by Gasteiger charge is 2.36. The normalized spacial score (nSPS) is 13.8. The summed E-state index contributed by atoms with van der Waals surface area (Å²) in [6.07, 6.45) is 1.48. The van der Waals surface area contributed by atoms with Crippen LogP contribution < -0.4 is 14.4 Å². The largest absolute Gasteiger partial charge is 0.473 e. The average molecular weight is 446 g/mol. The maximum Gasteiger partial charge on any atom is 0.265 e. The number of nitrogens with zero attached hydrogens (tertiary/aromatic N) is 2. The predicted octanol–water partition coefficient (Wildman–Crippen LogP) is 3.96. The molecule has 1 N–H and O–H groups in total. The highest BCUT2D eigenvalue weighted by molar-refractivity contribution is 7.93. The van der Waals surface area contributed by atoms with Gasteiger partial charge in [0.05, 0.1) is 22.5 Å². The first-order chi connectivity index (χ1) is 15.5. The van der Waals surface area contributed by atoms with E-state index in [-0.39, 0.29) is 11.4 Å². The Hall–Kier alpha value is -3.91. The van der Waals surface area contributed by atoms with Crippen molar-refractivity contribution in [3.8, 4) is 5.88 Å². The Balaban J connectivity index is 1.27. The second-order valence-electron chi connectivity index (χ2n) is 7.35. The summed E-state index contributed by atoms with van der Waals surface area (Å²) >= 11 is 0. The number of hydrogen-bond donors (Lipinski definition) is 1. The molecule has 4 aromatic rings. The van der Waals surface area contributed by atoms with Crippen molar-refractivity contribution < 1.29 is 17.9 Å². The van der Waals surface area contributed by atoms with Gasteiger partial charge in [0.2, 0.25) is 11.8 Å². The smallest absolute Gasteiger partial charge is 0.265 e. The Bertz CT molecular complexity index is 1400. The maximum atomic E-state index is 13.0. The Morgan fingerprint density at radius 1 is 0.938 bits per heavy atom. The van der Waals surface area contributed by atoms with E-state index >= 15 is 0 Å². The lowest BCUT2D eigenvalue weighted by Crippen LogP contribution is -2.35. The first-order valence-electron chi connectivity index (χ1n) is 9.99. The van der Waals surface area contributed by atoms with Gasteiger partial charge >= 0.3 is 0 Å². The molecule has 0 saturated carbocycles. The third-order valence-corrected chi connectivity index (χ3v) is 7.02. The predicted molar refractivity (Wildman–Crippen MR) is 122 cm³/mol. The van der Waals surface area contributed by atoms with Crippen LogP contribution in [0.4, 0.5) is 11.4 Å². The maximum absolute atomic E-state index is 13.0. The zero-order chi connectivity index (χ0) is 22.1. The van der Waals surface area contributed by atoms with Gasteiger partial charge in [-0.2, -0.15) is 0 Å². The molecular weight excluding hydrogens is 426 g/mol. The number of benzene rings is 3. The molecule has 7 nitrogen and oxygen atoms in total. The molecule has 0 radical (unpaired) electrons. The van der Waals surface area contributed by atoms with Gasteiger partial charge in [-0.3, -0.25) is 9.10 Å². The van der Waals surface area contributed by atoms with Crippen LogP contribution in [0, 0.1) is 0 Å². The number of hydrogen-bond acceptors (Lipinski definition) is 5. The monoisotopic (exact) mass is 445 g/mol. The third-order valence-electron chi connectivity index (χ3n) is 5.22. The molecule has 0 unspecified atom stereocenters. The van der Waals surface area contributed by atoms with Gasteiger partial charge in [-0.15, -0.1) is 0 Å². The van der Waals surface area contributed by atoms with E-state index in [0.29, 0.717) is 29.2 Å². The van der Waals surface area contributed by atoms with Crippen LogP contribution >= 0.6 is 0 Å². The molecule has 5 rings (SSSR count). The number of pyridine rings is 1. The minimum absolute atomic E-state index is 0.222. The van der Waals surface area contributed by atoms with Crippen molar-refractivity contribution in [3.63, 3.8) is 0 Å². The van der Waals surface area contributed by atoms with Gasteiger partial charge < -0.3 is 10.1 Å². The van der Waals surface area contributed by atoms with E-state index in [1.807, 2.05) is 42.5 Å². The zero-order valence-electron chi connectivity index (χ0n) is 16.9. The number of sulfonamides is 1. The molecule has 1 amide bonds. The van der Waals surface area contributed by atoms with Crippen LogP contribution in [-0.4, -0.2) is 25.9 Å². The summed E-state index contributed by atoms with van der Waals surface area (Å²) in [5, 5.41) is 4.17. The Morgan fingerprint density at radius 3 is 2.47 bits per heavy atom. The molecule has 1 aliphatic rings. The molecule has 0 aliphatic carbocycles. The van der Waals surface area contributed by atoms with E-state index in [2.05, 4.69) is 10.3 Å². The van der Waals surface area contributed by atoms with Crippen LogP contribution in [0.1, 0.15) is 5.56 Å². The van der Waals surface area contributed by atoms with Crippen molar-refractivity contribution in [3.05, 3.63) is 90.6 Å². The molecule has 0 bridgehead atoms. The van der Waals surface area contributed by atoms with Gasteiger partial charge in [-0.05, 0) is 29.1 Å². The number of carbonyl (C=O) groups excluding carboxylic acids is 1. The molecule has 0 spiro atoms. The number of carbonyl (C=O) groups is 1. The lowest BCUT2D eigenvalue weighted by Gasteiger charge is -2.18. The number of anilines is 2. The van der Waals surface area contributed by atoms with Gasteiger partial charge in [-0.25, -0.2) is 13.4 Å². The first kappa shape index (κ1) is 20.0. The standard InChI is InChI=1S/C24H19N3O4S/c28-22(26-19-12-13-23(25-14-19)31-16-17-6-2-1-3-7-17)15-27-20-10-4-8-18-9-5-11-21(24(18)20)32(27,29)30/h1-14H,15-16H2,(H,26,28). The highest BCUT2D eigenvalue weighted by Crippen LogP contribution is 2.41. The van der Waals surface area contributed by atoms with Crippen molar-refractivity contribution in [2.24, 2.45) is 0 Å². The summed E-state index contributed by atoms with van der Waals surface area (Å²) in [5.41, 5.74) is 1.99. The van der Waals surface area contributed by atoms with Crippen LogP contribution in [0.3, 0.4) is 0 Å². The summed E-state index contributed by atoms with van der Waals surface area (Å²) in [6, 6.07) is 23.5. The number of amides is 1. The van der Waals surface area contributed by atoms with E-state index in [4.69, 9.17) is 4.74 Å². The van der Waals surface area contributed by atoms with E-state index in [0.717, 1.165) is 15.3 Å². The Labute approximate surface area is 185 Å². The van der Waals surface area contributed by atoms with Crippen LogP contribution in [-0.2, 0) is 21.4 Å². The van der Waals surface area contributed by atoms with E-state index < -0.39 is 15.9 Å². The van der Waals surface area contributed by atoms with Crippen molar-refractivity contribution in [2.45, 2.75) is 11.5 Å². The topological polar surface area (TPSA) is 88.6 Å². The van der Waals surface area contributed by atoms with E-state index in [9.17, 15) is 13.2 Å². The van der Waals surface area contributed by atoms with Crippen LogP contribution in [0.5, 0.6) is 5.88 Å². The van der Waals surface area contributed by atoms with Gasteiger partial charge in [0, 0.05) is 11.5 Å². The fraction of sp³-hybridized carbons (Fsp3) is 0.0833. The molecule has 32 heavy (non-hydrogen) atoms. The lowest BCUT2D eigenvalue weighted by atomic mass is 10.1. The fourth-order valence-corrected chi connectivity index (χ4v) is 5.40. The Morgan fingerprint density at radius 2 is 1.72 bits per heavy atom. The van der Waals surface area contributed by atoms with E-state index in [1.165, 1.54) is 6.20 Å². The molecule has 1 aromatic heterocycles. The van der Waals surface area contributed by atoms with Crippen molar-refractivity contribution in [1.82, 2.24) is 4.98 Å². The molecule has 0 atom stereocenters. The molecule has 0 saturated heterocycles. The molecule has 3 aromatic carbocycles. The highest BCUT2D eigenvalue weighted by atomic mass is 32.2. The molecular formula is C24H19N3O4S. The Kier molecular flexibility index (Phi) is 4.99. The molecule has 8 heteroatoms. The van der Waals surface area contributed by atoms with Gasteiger partial charge in [0.25, 0.3) is 10.0 Å². The van der Waals surface area contributed by atoms with Crippen LogP contribution in [0.15, 0.2) is 90.0 Å². The summed E-state index contributed by atoms with van der Waals surface area (Å²) in [4.78, 5) is 17.1. The van der Waals surface area contributed by atoms with Crippen LogP contribution in [0.2, 0.25) is 0 Å². The van der Waals surface area contributed by atoms with Crippen molar-refractivity contribution in [2.75, 3.05) is 16.2 Å². The average Bonchev–Trinajstić information content (AvgIpc) is 3.02. The summed E-state index contributed by atoms with van der Waals surface area (Å²) in [6.45, 7) is 0.0564. The SMILES string of the molecule is O=C(CN1c2cccc3cccc(c23)S1(=O)=O)Nc1ccc(OCc2ccccc2)nc1. The van der Waals surface area contributed by atoms with E-state index in [1.54, 1.807) is 36.4 Å². The lowest BCUT2D eigenvalue weighted by molar-refractivity contribution is -0.114. The van der Waals surface area contributed by atoms with Crippen molar-refractivity contribution in [1.29, 1.82) is 0 Å². The summed E-state index contributed by atoms with van der Waals surface area (Å²) in [5.74, 6) is -0.0331. The molecule has 160 valence electrons. The first-order valence-corrected chi connectivity index (χ1v) is 11.4. The third kappa shape index (κ3) is 3.65. The van der Waals surface area contributed by atoms with Crippen molar-refractivity contribution >= 4 is 38.1 Å². The van der Waals surface area contributed by atoms with Gasteiger partial charge in [-0.1, -0.05) is 54.6 Å². The fourth-order valence-electron chi connectivity index (χ4n) is 3.73. The number of rotatable bonds is 6. The minimum atomic E-state index is -3.79. The molecule has 1 aliphatic heterocycles. The van der Waals surface area contributed by atoms with Crippen LogP contribution in [0.25, 0.3) is 10.8 Å². The second kappa shape index (κ2) is 7.97. The number of nitrogens with one attached hydrogen (secondary N) is 1. The number of aromatic nitrogens is 1.